The summed E-state index contributed by atoms with van der Waals surface area (Å²) in [6, 6.07) is 16.1. The van der Waals surface area contributed by atoms with Crippen LogP contribution in [0.25, 0.3) is 10.9 Å². The number of hydrogen-bond donors (Lipinski definition) is 1. The number of nitrogens with one attached hydrogen (secondary N) is 1. The summed E-state index contributed by atoms with van der Waals surface area (Å²) in [7, 11) is 0. The van der Waals surface area contributed by atoms with Crippen LogP contribution in [0, 0.1) is 0 Å². The number of carbonyl (C=O) groups is 2. The number of amides is 1. The van der Waals surface area contributed by atoms with Gasteiger partial charge in [0.1, 0.15) is 6.54 Å². The van der Waals surface area contributed by atoms with Gasteiger partial charge in [0.15, 0.2) is 5.78 Å². The molecule has 1 heterocycles. The van der Waals surface area contributed by atoms with Crippen molar-refractivity contribution in [2.75, 3.05) is 6.54 Å². The summed E-state index contributed by atoms with van der Waals surface area (Å²) in [5.74, 6) is -0.0228. The van der Waals surface area contributed by atoms with Crippen LogP contribution in [0.1, 0.15) is 35.3 Å². The van der Waals surface area contributed by atoms with Crippen LogP contribution in [0.3, 0.4) is 0 Å². The van der Waals surface area contributed by atoms with Gasteiger partial charge in [-0.15, -0.1) is 0 Å². The van der Waals surface area contributed by atoms with E-state index in [0.717, 1.165) is 29.3 Å². The molecule has 0 spiro atoms. The van der Waals surface area contributed by atoms with E-state index in [0.29, 0.717) is 12.1 Å². The molecule has 134 valence electrons. The third-order valence-electron chi connectivity index (χ3n) is 4.63. The zero-order chi connectivity index (χ0) is 18.5. The van der Waals surface area contributed by atoms with Crippen molar-refractivity contribution in [3.8, 4) is 0 Å². The molecule has 1 amide bonds. The first-order valence-electron chi connectivity index (χ1n) is 9.02. The zero-order valence-electron chi connectivity index (χ0n) is 15.3. The zero-order valence-corrected chi connectivity index (χ0v) is 15.3. The molecule has 1 N–H and O–H groups in total. The van der Waals surface area contributed by atoms with E-state index in [1.165, 1.54) is 5.56 Å². The van der Waals surface area contributed by atoms with Crippen molar-refractivity contribution in [3.63, 3.8) is 0 Å². The van der Waals surface area contributed by atoms with E-state index in [1.807, 2.05) is 41.1 Å². The molecule has 2 aromatic carbocycles. The Morgan fingerprint density at radius 2 is 1.81 bits per heavy atom. The maximum absolute atomic E-state index is 12.4. The molecule has 0 aliphatic heterocycles. The van der Waals surface area contributed by atoms with Crippen LogP contribution >= 0.6 is 0 Å². The van der Waals surface area contributed by atoms with E-state index >= 15 is 0 Å². The number of rotatable bonds is 7. The van der Waals surface area contributed by atoms with Crippen molar-refractivity contribution in [1.82, 2.24) is 9.88 Å². The summed E-state index contributed by atoms with van der Waals surface area (Å²) in [6.07, 6.45) is 3.47. The van der Waals surface area contributed by atoms with Crippen molar-refractivity contribution in [2.24, 2.45) is 0 Å². The number of para-hydroxylation sites is 1. The average molecular weight is 348 g/mol. The standard InChI is InChI=1S/C22H24N2O2/c1-3-18-10-7-11-19-20(16(2)25)14-24(22(18)19)15-21(26)23-13-12-17-8-5-4-6-9-17/h4-11,14H,3,12-13,15H2,1-2H3,(H,23,26). The highest BCUT2D eigenvalue weighted by Gasteiger charge is 2.15. The van der Waals surface area contributed by atoms with Crippen LogP contribution in [0.4, 0.5) is 0 Å². The van der Waals surface area contributed by atoms with Gasteiger partial charge in [-0.05, 0) is 30.9 Å². The molecule has 0 saturated carbocycles. The summed E-state index contributed by atoms with van der Waals surface area (Å²) in [5.41, 5.74) is 4.00. The van der Waals surface area contributed by atoms with E-state index in [4.69, 9.17) is 0 Å². The highest BCUT2D eigenvalue weighted by Crippen LogP contribution is 2.25. The second-order valence-electron chi connectivity index (χ2n) is 6.48. The summed E-state index contributed by atoms with van der Waals surface area (Å²) >= 11 is 0. The van der Waals surface area contributed by atoms with Crippen LogP contribution in [0.15, 0.2) is 54.7 Å². The Hall–Kier alpha value is -2.88. The van der Waals surface area contributed by atoms with Crippen molar-refractivity contribution in [1.29, 1.82) is 0 Å². The largest absolute Gasteiger partial charge is 0.354 e. The minimum Gasteiger partial charge on any atom is -0.354 e. The first-order chi connectivity index (χ1) is 12.6. The molecule has 0 aliphatic carbocycles. The molecule has 26 heavy (non-hydrogen) atoms. The Balaban J connectivity index is 1.75. The number of benzene rings is 2. The van der Waals surface area contributed by atoms with Crippen LogP contribution in [-0.4, -0.2) is 22.8 Å². The smallest absolute Gasteiger partial charge is 0.239 e. The molecule has 0 unspecified atom stereocenters. The van der Waals surface area contributed by atoms with Gasteiger partial charge < -0.3 is 9.88 Å². The Bertz CT molecular complexity index is 926. The highest BCUT2D eigenvalue weighted by atomic mass is 16.2. The molecular formula is C22H24N2O2. The van der Waals surface area contributed by atoms with E-state index in [1.54, 1.807) is 6.92 Å². The molecule has 4 nitrogen and oxygen atoms in total. The second kappa shape index (κ2) is 8.00. The maximum Gasteiger partial charge on any atom is 0.239 e. The number of aromatic nitrogens is 1. The topological polar surface area (TPSA) is 51.1 Å². The number of hydrogen-bond acceptors (Lipinski definition) is 2. The van der Waals surface area contributed by atoms with E-state index in [9.17, 15) is 9.59 Å². The number of fused-ring (bicyclic) bond motifs is 1. The van der Waals surface area contributed by atoms with Crippen molar-refractivity contribution < 1.29 is 9.59 Å². The quantitative estimate of drug-likeness (QED) is 0.661. The second-order valence-corrected chi connectivity index (χ2v) is 6.48. The molecule has 0 atom stereocenters. The van der Waals surface area contributed by atoms with Crippen molar-refractivity contribution in [2.45, 2.75) is 33.2 Å². The lowest BCUT2D eigenvalue weighted by molar-refractivity contribution is -0.121. The van der Waals surface area contributed by atoms with E-state index in [-0.39, 0.29) is 18.2 Å². The van der Waals surface area contributed by atoms with Crippen molar-refractivity contribution >= 4 is 22.6 Å². The Kier molecular flexibility index (Phi) is 5.52. The summed E-state index contributed by atoms with van der Waals surface area (Å²) < 4.78 is 1.91. The van der Waals surface area contributed by atoms with Gasteiger partial charge in [0.25, 0.3) is 0 Å². The third kappa shape index (κ3) is 3.85. The fourth-order valence-corrected chi connectivity index (χ4v) is 3.33. The molecule has 0 saturated heterocycles. The van der Waals surface area contributed by atoms with Crippen LogP contribution in [-0.2, 0) is 24.2 Å². The predicted molar refractivity (Wildman–Crippen MR) is 104 cm³/mol. The monoisotopic (exact) mass is 348 g/mol. The van der Waals surface area contributed by atoms with Crippen LogP contribution < -0.4 is 5.32 Å². The normalized spacial score (nSPS) is 10.8. The molecule has 3 aromatic rings. The molecule has 4 heteroatoms. The summed E-state index contributed by atoms with van der Waals surface area (Å²) in [4.78, 5) is 24.4. The molecular weight excluding hydrogens is 324 g/mol. The molecule has 0 fully saturated rings. The van der Waals surface area contributed by atoms with E-state index < -0.39 is 0 Å². The lowest BCUT2D eigenvalue weighted by atomic mass is 10.1. The molecule has 0 bridgehead atoms. The molecule has 3 rings (SSSR count). The fourth-order valence-electron chi connectivity index (χ4n) is 3.33. The minimum absolute atomic E-state index is 0.0199. The third-order valence-corrected chi connectivity index (χ3v) is 4.63. The maximum atomic E-state index is 12.4. The summed E-state index contributed by atoms with van der Waals surface area (Å²) in [5, 5.41) is 3.90. The van der Waals surface area contributed by atoms with Crippen molar-refractivity contribution in [3.05, 3.63) is 71.4 Å². The molecule has 0 aliphatic rings. The van der Waals surface area contributed by atoms with Gasteiger partial charge in [0, 0.05) is 23.7 Å². The lowest BCUT2D eigenvalue weighted by Crippen LogP contribution is -2.29. The van der Waals surface area contributed by atoms with Gasteiger partial charge in [-0.3, -0.25) is 9.59 Å². The Morgan fingerprint density at radius 1 is 1.04 bits per heavy atom. The Labute approximate surface area is 153 Å². The highest BCUT2D eigenvalue weighted by molar-refractivity contribution is 6.07. The number of Topliss-reactive ketones (excluding diaryl/α,β-unsaturated/α-hetero) is 1. The Morgan fingerprint density at radius 3 is 2.50 bits per heavy atom. The van der Waals surface area contributed by atoms with Crippen LogP contribution in [0.2, 0.25) is 0 Å². The number of ketones is 1. The fraction of sp³-hybridized carbons (Fsp3) is 0.273. The van der Waals surface area contributed by atoms with Gasteiger partial charge in [0.05, 0.1) is 5.52 Å². The SMILES string of the molecule is CCc1cccc2c(C(C)=O)cn(CC(=O)NCCc3ccccc3)c12. The average Bonchev–Trinajstić information content (AvgIpc) is 3.01. The lowest BCUT2D eigenvalue weighted by Gasteiger charge is -2.09. The first-order valence-corrected chi connectivity index (χ1v) is 9.02. The van der Waals surface area contributed by atoms with Gasteiger partial charge in [-0.1, -0.05) is 55.5 Å². The van der Waals surface area contributed by atoms with Gasteiger partial charge in [0.2, 0.25) is 5.91 Å². The summed E-state index contributed by atoms with van der Waals surface area (Å²) in [6.45, 7) is 4.47. The first kappa shape index (κ1) is 17.9. The van der Waals surface area contributed by atoms with Gasteiger partial charge in [-0.25, -0.2) is 0 Å². The number of nitrogens with zero attached hydrogens (tertiary/aromatic N) is 1. The van der Waals surface area contributed by atoms with E-state index in [2.05, 4.69) is 30.4 Å². The van der Waals surface area contributed by atoms with Gasteiger partial charge in [-0.2, -0.15) is 0 Å². The molecule has 1 aromatic heterocycles. The number of aryl methyl sites for hydroxylation is 1. The van der Waals surface area contributed by atoms with Crippen LogP contribution in [0.5, 0.6) is 0 Å². The molecule has 0 radical (unpaired) electrons. The van der Waals surface area contributed by atoms with Gasteiger partial charge >= 0.3 is 0 Å². The minimum atomic E-state index is -0.0427. The number of carbonyl (C=O) groups excluding carboxylic acids is 2. The predicted octanol–water partition coefficient (Wildman–Crippen LogP) is 3.77.